The Bertz CT molecular complexity index is 177. The second-order valence-electron chi connectivity index (χ2n) is 3.37. The molecule has 0 bridgehead atoms. The van der Waals surface area contributed by atoms with Gasteiger partial charge in [0.2, 0.25) is 0 Å². The molecule has 0 saturated heterocycles. The van der Waals surface area contributed by atoms with Gasteiger partial charge in [0.1, 0.15) is 0 Å². The second kappa shape index (κ2) is 2.57. The molecule has 0 aromatic rings. The first-order valence-corrected chi connectivity index (χ1v) is 3.85. The summed E-state index contributed by atoms with van der Waals surface area (Å²) in [5.74, 6) is 1.34. The molecule has 1 aliphatic rings. The maximum absolute atomic E-state index is 10.9. The maximum atomic E-state index is 10.9. The summed E-state index contributed by atoms with van der Waals surface area (Å²) in [5.41, 5.74) is 1.32. The average Bonchev–Trinajstić information content (AvgIpc) is 2.10. The number of rotatable bonds is 1. The van der Waals surface area contributed by atoms with Gasteiger partial charge in [0.05, 0.1) is 0 Å². The van der Waals surface area contributed by atoms with Crippen LogP contribution in [0.2, 0.25) is 0 Å². The highest BCUT2D eigenvalue weighted by atomic mass is 16.1. The third kappa shape index (κ3) is 1.28. The highest BCUT2D eigenvalue weighted by molar-refractivity contribution is 5.93. The quantitative estimate of drug-likeness (QED) is 0.542. The number of carbonyl (C=O) groups excluding carboxylic acids is 1. The average molecular weight is 138 g/mol. The van der Waals surface area contributed by atoms with Crippen LogP contribution in [0, 0.1) is 11.8 Å². The van der Waals surface area contributed by atoms with Gasteiger partial charge in [0, 0.05) is 6.42 Å². The predicted molar refractivity (Wildman–Crippen MR) is 41.7 cm³/mol. The van der Waals surface area contributed by atoms with Gasteiger partial charge in [-0.1, -0.05) is 26.3 Å². The molecular formula is C9H14O. The summed E-state index contributed by atoms with van der Waals surface area (Å²) in [6.07, 6.45) is 2.54. The first-order valence-electron chi connectivity index (χ1n) is 3.85. The van der Waals surface area contributed by atoms with Crippen molar-refractivity contribution >= 4 is 5.78 Å². The van der Waals surface area contributed by atoms with Crippen LogP contribution in [-0.4, -0.2) is 5.78 Å². The van der Waals surface area contributed by atoms with Crippen LogP contribution in [0.5, 0.6) is 0 Å². The van der Waals surface area contributed by atoms with E-state index in [9.17, 15) is 4.79 Å². The lowest BCUT2D eigenvalue weighted by Crippen LogP contribution is -2.00. The Kier molecular flexibility index (Phi) is 1.93. The maximum Gasteiger partial charge on any atom is 0.156 e. The third-order valence-electron chi connectivity index (χ3n) is 2.07. The van der Waals surface area contributed by atoms with E-state index in [-0.39, 0.29) is 0 Å². The molecule has 0 radical (unpaired) electrons. The number of hydrogen-bond donors (Lipinski definition) is 0. The van der Waals surface area contributed by atoms with Crippen LogP contribution in [0.25, 0.3) is 0 Å². The van der Waals surface area contributed by atoms with Crippen LogP contribution in [-0.2, 0) is 4.79 Å². The van der Waals surface area contributed by atoms with Crippen LogP contribution in [0.15, 0.2) is 11.6 Å². The zero-order chi connectivity index (χ0) is 7.72. The first kappa shape index (κ1) is 7.52. The molecule has 1 nitrogen and oxygen atoms in total. The lowest BCUT2D eigenvalue weighted by Gasteiger charge is -2.10. The lowest BCUT2D eigenvalue weighted by molar-refractivity contribution is -0.114. The minimum Gasteiger partial charge on any atom is -0.295 e. The summed E-state index contributed by atoms with van der Waals surface area (Å²) in [4.78, 5) is 10.9. The minimum atomic E-state index is 0.302. The van der Waals surface area contributed by atoms with Crippen molar-refractivity contribution in [1.29, 1.82) is 0 Å². The van der Waals surface area contributed by atoms with Gasteiger partial charge in [-0.25, -0.2) is 0 Å². The lowest BCUT2D eigenvalue weighted by atomic mass is 9.94. The Balaban J connectivity index is 2.75. The normalized spacial score (nSPS) is 25.8. The number of ketones is 1. The van der Waals surface area contributed by atoms with Gasteiger partial charge in [0.15, 0.2) is 5.78 Å². The second-order valence-corrected chi connectivity index (χ2v) is 3.37. The van der Waals surface area contributed by atoms with E-state index in [1.54, 1.807) is 0 Å². The third-order valence-corrected chi connectivity index (χ3v) is 2.07. The van der Waals surface area contributed by atoms with Crippen molar-refractivity contribution in [3.8, 4) is 0 Å². The zero-order valence-electron chi connectivity index (χ0n) is 6.85. The summed E-state index contributed by atoms with van der Waals surface area (Å²) in [6, 6.07) is 0. The van der Waals surface area contributed by atoms with E-state index in [0.29, 0.717) is 17.6 Å². The smallest absolute Gasteiger partial charge is 0.156 e. The summed E-state index contributed by atoms with van der Waals surface area (Å²) < 4.78 is 0. The van der Waals surface area contributed by atoms with Crippen LogP contribution in [0.3, 0.4) is 0 Å². The van der Waals surface area contributed by atoms with Crippen molar-refractivity contribution < 1.29 is 4.79 Å². The Labute approximate surface area is 62.1 Å². The van der Waals surface area contributed by atoms with E-state index in [2.05, 4.69) is 20.8 Å². The monoisotopic (exact) mass is 138 g/mol. The van der Waals surface area contributed by atoms with Gasteiger partial charge in [-0.2, -0.15) is 0 Å². The Morgan fingerprint density at radius 2 is 2.20 bits per heavy atom. The molecule has 1 unspecified atom stereocenters. The van der Waals surface area contributed by atoms with Gasteiger partial charge in [-0.3, -0.25) is 4.79 Å². The number of allylic oxidation sites excluding steroid dienone is 2. The molecule has 1 atom stereocenters. The molecule has 1 aliphatic carbocycles. The van der Waals surface area contributed by atoms with E-state index in [1.807, 2.05) is 6.08 Å². The Hall–Kier alpha value is -0.590. The van der Waals surface area contributed by atoms with Gasteiger partial charge in [0.25, 0.3) is 0 Å². The molecule has 0 amide bonds. The van der Waals surface area contributed by atoms with Gasteiger partial charge in [-0.05, 0) is 17.9 Å². The van der Waals surface area contributed by atoms with E-state index in [1.165, 1.54) is 5.57 Å². The first-order chi connectivity index (χ1) is 4.61. The van der Waals surface area contributed by atoms with E-state index in [4.69, 9.17) is 0 Å². The fraction of sp³-hybridized carbons (Fsp3) is 0.667. The molecule has 0 fully saturated rings. The van der Waals surface area contributed by atoms with Crippen LogP contribution in [0.4, 0.5) is 0 Å². The molecule has 0 saturated carbocycles. The van der Waals surface area contributed by atoms with Gasteiger partial charge >= 0.3 is 0 Å². The van der Waals surface area contributed by atoms with E-state index >= 15 is 0 Å². The topological polar surface area (TPSA) is 17.1 Å². The zero-order valence-corrected chi connectivity index (χ0v) is 6.85. The summed E-state index contributed by atoms with van der Waals surface area (Å²) >= 11 is 0. The summed E-state index contributed by atoms with van der Waals surface area (Å²) in [7, 11) is 0. The van der Waals surface area contributed by atoms with E-state index < -0.39 is 0 Å². The SMILES string of the molecule is CC(C)C1=CC(=O)CC1C. The van der Waals surface area contributed by atoms with Crippen molar-refractivity contribution in [2.24, 2.45) is 11.8 Å². The fourth-order valence-electron chi connectivity index (χ4n) is 1.54. The highest BCUT2D eigenvalue weighted by Gasteiger charge is 2.21. The van der Waals surface area contributed by atoms with Crippen molar-refractivity contribution in [3.63, 3.8) is 0 Å². The molecule has 1 rings (SSSR count). The van der Waals surface area contributed by atoms with Crippen molar-refractivity contribution in [2.45, 2.75) is 27.2 Å². The largest absolute Gasteiger partial charge is 0.295 e. The molecule has 0 N–H and O–H groups in total. The van der Waals surface area contributed by atoms with Gasteiger partial charge in [-0.15, -0.1) is 0 Å². The predicted octanol–water partition coefficient (Wildman–Crippen LogP) is 2.18. The standard InChI is InChI=1S/C9H14O/c1-6(2)9-5-8(10)4-7(9)3/h5-7H,4H2,1-3H3. The summed E-state index contributed by atoms with van der Waals surface area (Å²) in [6.45, 7) is 6.40. The van der Waals surface area contributed by atoms with Crippen molar-refractivity contribution in [3.05, 3.63) is 11.6 Å². The molecule has 0 aromatic heterocycles. The molecule has 0 heterocycles. The molecule has 0 aromatic carbocycles. The molecule has 10 heavy (non-hydrogen) atoms. The van der Waals surface area contributed by atoms with Gasteiger partial charge < -0.3 is 0 Å². The van der Waals surface area contributed by atoms with Crippen LogP contribution >= 0.6 is 0 Å². The number of carbonyl (C=O) groups is 1. The Morgan fingerprint density at radius 3 is 2.40 bits per heavy atom. The number of hydrogen-bond acceptors (Lipinski definition) is 1. The fourth-order valence-corrected chi connectivity index (χ4v) is 1.54. The molecule has 1 heteroatoms. The minimum absolute atomic E-state index is 0.302. The molecule has 0 aliphatic heterocycles. The van der Waals surface area contributed by atoms with Crippen molar-refractivity contribution in [2.75, 3.05) is 0 Å². The van der Waals surface area contributed by atoms with Crippen LogP contribution < -0.4 is 0 Å². The van der Waals surface area contributed by atoms with Crippen LogP contribution in [0.1, 0.15) is 27.2 Å². The molecular weight excluding hydrogens is 124 g/mol. The highest BCUT2D eigenvalue weighted by Crippen LogP contribution is 2.28. The molecule has 0 spiro atoms. The Morgan fingerprint density at radius 1 is 1.60 bits per heavy atom. The summed E-state index contributed by atoms with van der Waals surface area (Å²) in [5, 5.41) is 0. The van der Waals surface area contributed by atoms with Crippen molar-refractivity contribution in [1.82, 2.24) is 0 Å². The molecule has 56 valence electrons. The van der Waals surface area contributed by atoms with E-state index in [0.717, 1.165) is 6.42 Å².